The van der Waals surface area contributed by atoms with Gasteiger partial charge in [-0.2, -0.15) is 0 Å². The Kier molecular flexibility index (Phi) is 7.08. The highest BCUT2D eigenvalue weighted by Crippen LogP contribution is 2.18. The van der Waals surface area contributed by atoms with Crippen molar-refractivity contribution < 1.29 is 23.5 Å². The van der Waals surface area contributed by atoms with Crippen molar-refractivity contribution in [3.05, 3.63) is 54.0 Å². The number of amides is 1. The Labute approximate surface area is 164 Å². The molecule has 2 heterocycles. The molecule has 0 N–H and O–H groups in total. The molecule has 1 aliphatic rings. The number of benzene rings is 1. The van der Waals surface area contributed by atoms with Gasteiger partial charge in [0, 0.05) is 31.7 Å². The van der Waals surface area contributed by atoms with Crippen LogP contribution in [0.4, 0.5) is 0 Å². The van der Waals surface area contributed by atoms with Gasteiger partial charge in [0.05, 0.1) is 19.4 Å². The number of rotatable bonds is 7. The van der Waals surface area contributed by atoms with Crippen molar-refractivity contribution in [3.8, 4) is 5.75 Å². The highest BCUT2D eigenvalue weighted by molar-refractivity contribution is 5.93. The van der Waals surface area contributed by atoms with E-state index in [2.05, 4.69) is 0 Å². The second-order valence-electron chi connectivity index (χ2n) is 6.60. The van der Waals surface area contributed by atoms with Crippen molar-refractivity contribution in [1.29, 1.82) is 0 Å². The predicted molar refractivity (Wildman–Crippen MR) is 103 cm³/mol. The molecular weight excluding hydrogens is 360 g/mol. The fraction of sp³-hybridized carbons (Fsp3) is 0.429. The Morgan fingerprint density at radius 1 is 1.07 bits per heavy atom. The molecular formula is C21H26N2O5. The Morgan fingerprint density at radius 2 is 1.89 bits per heavy atom. The Hall–Kier alpha value is -2.80. The molecule has 1 amide bonds. The maximum atomic E-state index is 12.9. The van der Waals surface area contributed by atoms with Crippen LogP contribution in [-0.2, 0) is 16.1 Å². The van der Waals surface area contributed by atoms with Gasteiger partial charge in [-0.25, -0.2) is 0 Å². The van der Waals surface area contributed by atoms with Crippen molar-refractivity contribution in [2.24, 2.45) is 0 Å². The second kappa shape index (κ2) is 9.94. The lowest BCUT2D eigenvalue weighted by atomic mass is 10.2. The number of hydrogen-bond donors (Lipinski definition) is 0. The van der Waals surface area contributed by atoms with Gasteiger partial charge in [0.15, 0.2) is 5.76 Å². The molecule has 1 saturated heterocycles. The Morgan fingerprint density at radius 3 is 2.68 bits per heavy atom. The number of ether oxygens (including phenoxy) is 2. The van der Waals surface area contributed by atoms with Crippen LogP contribution in [0, 0.1) is 0 Å². The van der Waals surface area contributed by atoms with Crippen molar-refractivity contribution in [2.45, 2.75) is 20.0 Å². The summed E-state index contributed by atoms with van der Waals surface area (Å²) in [7, 11) is 0. The molecule has 7 nitrogen and oxygen atoms in total. The number of nitrogens with zero attached hydrogens (tertiary/aromatic N) is 2. The molecule has 28 heavy (non-hydrogen) atoms. The minimum Gasteiger partial charge on any atom is -0.489 e. The van der Waals surface area contributed by atoms with Gasteiger partial charge >= 0.3 is 5.97 Å². The molecule has 1 aromatic carbocycles. The summed E-state index contributed by atoms with van der Waals surface area (Å²) in [5, 5.41) is 0. The van der Waals surface area contributed by atoms with Crippen LogP contribution in [0.5, 0.6) is 5.75 Å². The highest BCUT2D eigenvalue weighted by atomic mass is 16.5. The van der Waals surface area contributed by atoms with Crippen LogP contribution in [0.15, 0.2) is 47.1 Å². The lowest BCUT2D eigenvalue weighted by molar-refractivity contribution is -0.144. The summed E-state index contributed by atoms with van der Waals surface area (Å²) < 4.78 is 16.2. The van der Waals surface area contributed by atoms with Crippen LogP contribution in [0.3, 0.4) is 0 Å². The zero-order valence-corrected chi connectivity index (χ0v) is 16.1. The third-order valence-corrected chi connectivity index (χ3v) is 4.61. The van der Waals surface area contributed by atoms with E-state index in [1.54, 1.807) is 17.9 Å². The summed E-state index contributed by atoms with van der Waals surface area (Å²) in [6.45, 7) is 5.24. The van der Waals surface area contributed by atoms with E-state index in [9.17, 15) is 9.59 Å². The van der Waals surface area contributed by atoms with E-state index < -0.39 is 0 Å². The van der Waals surface area contributed by atoms with E-state index in [0.717, 1.165) is 24.3 Å². The quantitative estimate of drug-likeness (QED) is 0.681. The summed E-state index contributed by atoms with van der Waals surface area (Å²) in [5.74, 6) is 0.685. The van der Waals surface area contributed by atoms with Crippen LogP contribution in [-0.4, -0.2) is 61.0 Å². The maximum Gasteiger partial charge on any atom is 0.320 e. The smallest absolute Gasteiger partial charge is 0.320 e. The first kappa shape index (κ1) is 19.9. The van der Waals surface area contributed by atoms with E-state index in [1.165, 1.54) is 6.26 Å². The van der Waals surface area contributed by atoms with E-state index in [4.69, 9.17) is 13.9 Å². The van der Waals surface area contributed by atoms with E-state index in [0.29, 0.717) is 32.0 Å². The average molecular weight is 386 g/mol. The van der Waals surface area contributed by atoms with Crippen molar-refractivity contribution in [3.63, 3.8) is 0 Å². The lowest BCUT2D eigenvalue weighted by Gasteiger charge is -2.21. The summed E-state index contributed by atoms with van der Waals surface area (Å²) in [4.78, 5) is 28.4. The van der Waals surface area contributed by atoms with Crippen LogP contribution in [0.25, 0.3) is 0 Å². The normalized spacial score (nSPS) is 15.1. The van der Waals surface area contributed by atoms with Gasteiger partial charge < -0.3 is 18.8 Å². The third-order valence-electron chi connectivity index (χ3n) is 4.61. The maximum absolute atomic E-state index is 12.9. The van der Waals surface area contributed by atoms with Crippen LogP contribution < -0.4 is 4.74 Å². The standard InChI is InChI=1S/C21H26N2O5/c1-2-26-19(24)15-22-10-6-11-23(13-12-22)21(25)20-17(9-14-27-20)16-28-18-7-4-3-5-8-18/h3-5,7-9,14H,2,6,10-13,15-16H2,1H3. The van der Waals surface area contributed by atoms with Gasteiger partial charge in [0.2, 0.25) is 0 Å². The Bertz CT molecular complexity index is 774. The zero-order chi connectivity index (χ0) is 19.8. The van der Waals surface area contributed by atoms with Gasteiger partial charge in [-0.3, -0.25) is 14.5 Å². The van der Waals surface area contributed by atoms with Crippen LogP contribution >= 0.6 is 0 Å². The molecule has 1 aliphatic heterocycles. The van der Waals surface area contributed by atoms with Crippen molar-refractivity contribution >= 4 is 11.9 Å². The number of furan rings is 1. The molecule has 1 fully saturated rings. The predicted octanol–water partition coefficient (Wildman–Crippen LogP) is 2.57. The minimum atomic E-state index is -0.228. The third kappa shape index (κ3) is 5.36. The number of carbonyl (C=O) groups is 2. The van der Waals surface area contributed by atoms with Gasteiger partial charge in [0.25, 0.3) is 5.91 Å². The van der Waals surface area contributed by atoms with Gasteiger partial charge in [-0.15, -0.1) is 0 Å². The number of esters is 1. The molecule has 3 rings (SSSR count). The van der Waals surface area contributed by atoms with Crippen molar-refractivity contribution in [1.82, 2.24) is 9.80 Å². The molecule has 2 aromatic rings. The van der Waals surface area contributed by atoms with Crippen LogP contribution in [0.2, 0.25) is 0 Å². The largest absolute Gasteiger partial charge is 0.489 e. The van der Waals surface area contributed by atoms with E-state index in [1.807, 2.05) is 35.2 Å². The molecule has 7 heteroatoms. The van der Waals surface area contributed by atoms with Crippen LogP contribution in [0.1, 0.15) is 29.5 Å². The highest BCUT2D eigenvalue weighted by Gasteiger charge is 2.25. The van der Waals surface area contributed by atoms with E-state index in [-0.39, 0.29) is 25.0 Å². The summed E-state index contributed by atoms with van der Waals surface area (Å²) in [6, 6.07) is 11.2. The summed E-state index contributed by atoms with van der Waals surface area (Å²) >= 11 is 0. The number of hydrogen-bond acceptors (Lipinski definition) is 6. The summed E-state index contributed by atoms with van der Waals surface area (Å²) in [6.07, 6.45) is 2.31. The topological polar surface area (TPSA) is 72.2 Å². The van der Waals surface area contributed by atoms with Crippen molar-refractivity contribution in [2.75, 3.05) is 39.3 Å². The Balaban J connectivity index is 1.57. The van der Waals surface area contributed by atoms with Gasteiger partial charge in [-0.1, -0.05) is 18.2 Å². The lowest BCUT2D eigenvalue weighted by Crippen LogP contribution is -2.37. The SMILES string of the molecule is CCOC(=O)CN1CCCN(C(=O)c2occc2COc2ccccc2)CC1. The first-order valence-corrected chi connectivity index (χ1v) is 9.59. The monoisotopic (exact) mass is 386 g/mol. The van der Waals surface area contributed by atoms with Gasteiger partial charge in [0.1, 0.15) is 12.4 Å². The molecule has 0 atom stereocenters. The van der Waals surface area contributed by atoms with E-state index >= 15 is 0 Å². The zero-order valence-electron chi connectivity index (χ0n) is 16.1. The molecule has 150 valence electrons. The molecule has 0 aliphatic carbocycles. The number of para-hydroxylation sites is 1. The molecule has 0 bridgehead atoms. The first-order chi connectivity index (χ1) is 13.7. The first-order valence-electron chi connectivity index (χ1n) is 9.59. The molecule has 1 aromatic heterocycles. The molecule has 0 radical (unpaired) electrons. The average Bonchev–Trinajstić information content (AvgIpc) is 3.05. The molecule has 0 saturated carbocycles. The molecule has 0 spiro atoms. The molecule has 0 unspecified atom stereocenters. The minimum absolute atomic E-state index is 0.144. The fourth-order valence-corrected chi connectivity index (χ4v) is 3.18. The van der Waals surface area contributed by atoms with Gasteiger partial charge in [-0.05, 0) is 31.5 Å². The fourth-order valence-electron chi connectivity index (χ4n) is 3.18. The second-order valence-corrected chi connectivity index (χ2v) is 6.60. The number of carbonyl (C=O) groups excluding carboxylic acids is 2. The summed E-state index contributed by atoms with van der Waals surface area (Å²) in [5.41, 5.74) is 0.724.